The van der Waals surface area contributed by atoms with E-state index in [9.17, 15) is 4.79 Å². The number of piperidine rings is 1. The molecule has 4 aromatic rings. The summed E-state index contributed by atoms with van der Waals surface area (Å²) in [6.07, 6.45) is 9.82. The molecule has 0 amide bonds. The van der Waals surface area contributed by atoms with Gasteiger partial charge in [-0.1, -0.05) is 6.07 Å². The van der Waals surface area contributed by atoms with E-state index in [0.29, 0.717) is 17.7 Å². The van der Waals surface area contributed by atoms with Crippen molar-refractivity contribution in [1.29, 1.82) is 0 Å². The van der Waals surface area contributed by atoms with Crippen LogP contribution in [0.5, 0.6) is 5.75 Å². The molecule has 0 saturated carbocycles. The molecule has 3 aromatic heterocycles. The van der Waals surface area contributed by atoms with Crippen LogP contribution >= 0.6 is 0 Å². The van der Waals surface area contributed by atoms with Gasteiger partial charge in [0.25, 0.3) is 0 Å². The number of ether oxygens (including phenoxy) is 1. The number of hydrogen-bond acceptors (Lipinski definition) is 5. The number of aryl methyl sites for hydroxylation is 1. The minimum atomic E-state index is -0.372. The molecule has 1 spiro atoms. The van der Waals surface area contributed by atoms with Gasteiger partial charge < -0.3 is 15.0 Å². The van der Waals surface area contributed by atoms with Crippen LogP contribution in [0.3, 0.4) is 0 Å². The smallest absolute Gasteiger partial charge is 0.170 e. The molecular formula is C24H23N5O2. The Labute approximate surface area is 179 Å². The first-order chi connectivity index (χ1) is 15.1. The summed E-state index contributed by atoms with van der Waals surface area (Å²) in [6.45, 7) is 1.76. The van der Waals surface area contributed by atoms with E-state index in [2.05, 4.69) is 26.4 Å². The van der Waals surface area contributed by atoms with E-state index in [1.165, 1.54) is 0 Å². The number of fused-ring (bicyclic) bond motifs is 2. The van der Waals surface area contributed by atoms with E-state index < -0.39 is 0 Å². The molecule has 2 N–H and O–H groups in total. The zero-order chi connectivity index (χ0) is 21.0. The molecule has 1 aromatic carbocycles. The number of benzene rings is 1. The number of pyridine rings is 1. The molecule has 0 bridgehead atoms. The number of carbonyl (C=O) groups excluding carboxylic acids is 1. The van der Waals surface area contributed by atoms with Gasteiger partial charge in [0.15, 0.2) is 5.78 Å². The number of carbonyl (C=O) groups is 1. The van der Waals surface area contributed by atoms with Crippen molar-refractivity contribution in [3.63, 3.8) is 0 Å². The summed E-state index contributed by atoms with van der Waals surface area (Å²) in [5.74, 6) is 0.871. The van der Waals surface area contributed by atoms with Gasteiger partial charge in [-0.25, -0.2) is 4.98 Å². The number of rotatable bonds is 2. The van der Waals surface area contributed by atoms with Crippen LogP contribution in [0.1, 0.15) is 29.6 Å². The lowest BCUT2D eigenvalue weighted by Crippen LogP contribution is -2.49. The zero-order valence-corrected chi connectivity index (χ0v) is 17.3. The molecule has 2 aliphatic heterocycles. The van der Waals surface area contributed by atoms with Crippen LogP contribution in [0.4, 0.5) is 0 Å². The van der Waals surface area contributed by atoms with E-state index in [0.717, 1.165) is 59.2 Å². The standard InChI is InChI=1S/C24H23N5O2/c1-29-14-17(12-28-29)16-8-19-20(13-27-23(19)26-11-16)15-2-3-18-21(30)10-24(31-22(18)9-15)4-6-25-7-5-24/h2-3,8-9,11-14,25H,4-7,10H2,1H3,(H,26,27). The number of aromatic nitrogens is 4. The number of H-pyrrole nitrogens is 1. The number of hydrogen-bond donors (Lipinski definition) is 2. The number of nitrogens with zero attached hydrogens (tertiary/aromatic N) is 3. The van der Waals surface area contributed by atoms with E-state index in [1.54, 1.807) is 4.68 Å². The van der Waals surface area contributed by atoms with Crippen LogP contribution in [0.15, 0.2) is 49.1 Å². The van der Waals surface area contributed by atoms with Gasteiger partial charge in [0.1, 0.15) is 17.0 Å². The Morgan fingerprint density at radius 1 is 1.06 bits per heavy atom. The van der Waals surface area contributed by atoms with E-state index in [1.807, 2.05) is 50.0 Å². The van der Waals surface area contributed by atoms with Crippen molar-refractivity contribution in [3.8, 4) is 28.0 Å². The SMILES string of the molecule is Cn1cc(-c2cnc3[nH]cc(-c4ccc5c(c4)OC4(CCNCC4)CC5=O)c3c2)cn1. The second-order valence-corrected chi connectivity index (χ2v) is 8.57. The Morgan fingerprint density at radius 2 is 1.94 bits per heavy atom. The fourth-order valence-corrected chi connectivity index (χ4v) is 4.79. The predicted molar refractivity (Wildman–Crippen MR) is 118 cm³/mol. The molecule has 2 aliphatic rings. The van der Waals surface area contributed by atoms with Crippen molar-refractivity contribution in [2.75, 3.05) is 13.1 Å². The molecule has 31 heavy (non-hydrogen) atoms. The zero-order valence-electron chi connectivity index (χ0n) is 17.3. The molecule has 0 unspecified atom stereocenters. The second kappa shape index (κ2) is 6.78. The maximum atomic E-state index is 12.8. The fraction of sp³-hybridized carbons (Fsp3) is 0.292. The third-order valence-corrected chi connectivity index (χ3v) is 6.49. The van der Waals surface area contributed by atoms with Gasteiger partial charge in [0, 0.05) is 60.6 Å². The van der Waals surface area contributed by atoms with Crippen LogP contribution < -0.4 is 10.1 Å². The lowest BCUT2D eigenvalue weighted by Gasteiger charge is -2.41. The first-order valence-corrected chi connectivity index (χ1v) is 10.6. The van der Waals surface area contributed by atoms with E-state index in [4.69, 9.17) is 4.74 Å². The van der Waals surface area contributed by atoms with Crippen LogP contribution in [0, 0.1) is 0 Å². The monoisotopic (exact) mass is 413 g/mol. The van der Waals surface area contributed by atoms with Gasteiger partial charge >= 0.3 is 0 Å². The van der Waals surface area contributed by atoms with Crippen molar-refractivity contribution in [2.45, 2.75) is 24.9 Å². The molecule has 6 rings (SSSR count). The van der Waals surface area contributed by atoms with Crippen molar-refractivity contribution in [2.24, 2.45) is 7.05 Å². The average molecular weight is 413 g/mol. The first kappa shape index (κ1) is 18.3. The number of Topliss-reactive ketones (excluding diaryl/α,β-unsaturated/α-hetero) is 1. The maximum absolute atomic E-state index is 12.8. The van der Waals surface area contributed by atoms with Gasteiger partial charge in [-0.3, -0.25) is 9.48 Å². The maximum Gasteiger partial charge on any atom is 0.170 e. The summed E-state index contributed by atoms with van der Waals surface area (Å²) in [5.41, 5.74) is 5.22. The van der Waals surface area contributed by atoms with Crippen LogP contribution in [0.2, 0.25) is 0 Å². The van der Waals surface area contributed by atoms with Gasteiger partial charge in [0.05, 0.1) is 18.2 Å². The summed E-state index contributed by atoms with van der Waals surface area (Å²) in [5, 5.41) is 8.65. The Bertz CT molecular complexity index is 1310. The summed E-state index contributed by atoms with van der Waals surface area (Å²) in [7, 11) is 1.90. The molecule has 7 heteroatoms. The number of ketones is 1. The summed E-state index contributed by atoms with van der Waals surface area (Å²) in [6, 6.07) is 8.04. The Morgan fingerprint density at radius 3 is 2.74 bits per heavy atom. The molecule has 0 atom stereocenters. The minimum Gasteiger partial charge on any atom is -0.486 e. The lowest BCUT2D eigenvalue weighted by molar-refractivity contribution is 0.0188. The molecule has 1 saturated heterocycles. The number of nitrogens with one attached hydrogen (secondary N) is 2. The van der Waals surface area contributed by atoms with Gasteiger partial charge in [-0.15, -0.1) is 0 Å². The Kier molecular flexibility index (Phi) is 4.01. The molecular weight excluding hydrogens is 390 g/mol. The average Bonchev–Trinajstić information content (AvgIpc) is 3.39. The molecule has 0 radical (unpaired) electrons. The van der Waals surface area contributed by atoms with E-state index in [-0.39, 0.29) is 11.4 Å². The summed E-state index contributed by atoms with van der Waals surface area (Å²) in [4.78, 5) is 20.7. The first-order valence-electron chi connectivity index (χ1n) is 10.6. The van der Waals surface area contributed by atoms with Crippen LogP contribution in [-0.4, -0.2) is 44.2 Å². The van der Waals surface area contributed by atoms with E-state index >= 15 is 0 Å². The quantitative estimate of drug-likeness (QED) is 0.523. The summed E-state index contributed by atoms with van der Waals surface area (Å²) < 4.78 is 8.26. The highest BCUT2D eigenvalue weighted by molar-refractivity contribution is 6.02. The minimum absolute atomic E-state index is 0.175. The van der Waals surface area contributed by atoms with Crippen molar-refractivity contribution >= 4 is 16.8 Å². The van der Waals surface area contributed by atoms with Crippen LogP contribution in [-0.2, 0) is 7.05 Å². The number of aromatic amines is 1. The van der Waals surface area contributed by atoms with Gasteiger partial charge in [-0.05, 0) is 36.9 Å². The highest BCUT2D eigenvalue weighted by Crippen LogP contribution is 2.41. The third kappa shape index (κ3) is 3.04. The van der Waals surface area contributed by atoms with Crippen LogP contribution in [0.25, 0.3) is 33.3 Å². The topological polar surface area (TPSA) is 84.8 Å². The third-order valence-electron chi connectivity index (χ3n) is 6.49. The molecule has 5 heterocycles. The Hall–Kier alpha value is -3.45. The lowest BCUT2D eigenvalue weighted by atomic mass is 9.82. The van der Waals surface area contributed by atoms with Crippen molar-refractivity contribution in [3.05, 3.63) is 54.6 Å². The molecule has 1 fully saturated rings. The molecule has 156 valence electrons. The van der Waals surface area contributed by atoms with Gasteiger partial charge in [0.2, 0.25) is 0 Å². The highest BCUT2D eigenvalue weighted by atomic mass is 16.5. The summed E-state index contributed by atoms with van der Waals surface area (Å²) >= 11 is 0. The van der Waals surface area contributed by atoms with Crippen molar-refractivity contribution < 1.29 is 9.53 Å². The van der Waals surface area contributed by atoms with Crippen molar-refractivity contribution in [1.82, 2.24) is 25.1 Å². The normalized spacial score (nSPS) is 17.6. The highest BCUT2D eigenvalue weighted by Gasteiger charge is 2.41. The fourth-order valence-electron chi connectivity index (χ4n) is 4.79. The predicted octanol–water partition coefficient (Wildman–Crippen LogP) is 3.72. The molecule has 7 nitrogen and oxygen atoms in total. The van der Waals surface area contributed by atoms with Gasteiger partial charge in [-0.2, -0.15) is 5.10 Å². The largest absolute Gasteiger partial charge is 0.486 e. The second-order valence-electron chi connectivity index (χ2n) is 8.57. The Balaban J connectivity index is 1.42. The molecule has 0 aliphatic carbocycles.